The predicted molar refractivity (Wildman–Crippen MR) is 303 cm³/mol. The van der Waals surface area contributed by atoms with Crippen molar-refractivity contribution in [1.82, 2.24) is 0 Å². The van der Waals surface area contributed by atoms with Crippen LogP contribution >= 0.6 is 0 Å². The molecule has 1 rings (SSSR count). The zero-order valence-electron chi connectivity index (χ0n) is 46.5. The Morgan fingerprint density at radius 2 is 0.840 bits per heavy atom. The largest absolute Gasteiger partial charge is 0.479 e. The lowest BCUT2D eigenvalue weighted by atomic mass is 9.98. The van der Waals surface area contributed by atoms with E-state index in [1.807, 2.05) is 0 Å². The first-order chi connectivity index (χ1) is 36.6. The molecule has 1 heterocycles. The summed E-state index contributed by atoms with van der Waals surface area (Å²) in [5.41, 5.74) is 0. The van der Waals surface area contributed by atoms with Crippen molar-refractivity contribution in [2.45, 2.75) is 250 Å². The molecular formula is C63H100O12. The molecule has 12 heteroatoms. The maximum Gasteiger partial charge on any atom is 0.335 e. The summed E-state index contributed by atoms with van der Waals surface area (Å²) in [7, 11) is 0. The Morgan fingerprint density at radius 1 is 0.453 bits per heavy atom. The van der Waals surface area contributed by atoms with Crippen molar-refractivity contribution in [1.29, 1.82) is 0 Å². The molecule has 0 saturated carbocycles. The number of aliphatic carboxylic acids is 1. The molecule has 0 bridgehead atoms. The highest BCUT2D eigenvalue weighted by molar-refractivity contribution is 5.74. The minimum Gasteiger partial charge on any atom is -0.479 e. The smallest absolute Gasteiger partial charge is 0.335 e. The van der Waals surface area contributed by atoms with Gasteiger partial charge in [-0.05, 0) is 122 Å². The average molecular weight is 1050 g/mol. The van der Waals surface area contributed by atoms with Gasteiger partial charge in [0.2, 0.25) is 0 Å². The Labute approximate surface area is 453 Å². The molecule has 1 saturated heterocycles. The number of rotatable bonds is 47. The molecule has 1 aliphatic rings. The van der Waals surface area contributed by atoms with Crippen molar-refractivity contribution in [2.24, 2.45) is 0 Å². The molecule has 0 spiro atoms. The van der Waals surface area contributed by atoms with E-state index in [0.717, 1.165) is 128 Å². The average Bonchev–Trinajstić information content (AvgIpc) is 3.39. The van der Waals surface area contributed by atoms with Crippen molar-refractivity contribution in [3.63, 3.8) is 0 Å². The molecule has 0 aromatic carbocycles. The summed E-state index contributed by atoms with van der Waals surface area (Å²) >= 11 is 0. The molecule has 0 aromatic rings. The van der Waals surface area contributed by atoms with Crippen molar-refractivity contribution >= 4 is 23.9 Å². The number of hydrogen-bond donors (Lipinski definition) is 3. The van der Waals surface area contributed by atoms with E-state index in [0.29, 0.717) is 19.3 Å². The highest BCUT2D eigenvalue weighted by Gasteiger charge is 2.50. The number of carboxylic acids is 1. The van der Waals surface area contributed by atoms with Crippen LogP contribution in [0.5, 0.6) is 0 Å². The lowest BCUT2D eigenvalue weighted by Gasteiger charge is -2.40. The molecule has 0 aliphatic carbocycles. The highest BCUT2D eigenvalue weighted by atomic mass is 16.7. The van der Waals surface area contributed by atoms with Gasteiger partial charge in [0.1, 0.15) is 18.8 Å². The summed E-state index contributed by atoms with van der Waals surface area (Å²) in [5, 5.41) is 31.4. The molecule has 424 valence electrons. The Kier molecular flexibility index (Phi) is 45.8. The fourth-order valence-corrected chi connectivity index (χ4v) is 7.93. The van der Waals surface area contributed by atoms with Gasteiger partial charge < -0.3 is 39.0 Å². The zero-order valence-corrected chi connectivity index (χ0v) is 46.5. The third-order valence-corrected chi connectivity index (χ3v) is 12.3. The summed E-state index contributed by atoms with van der Waals surface area (Å²) in [6.45, 7) is 5.67. The summed E-state index contributed by atoms with van der Waals surface area (Å²) < 4.78 is 28.3. The standard InChI is InChI=1S/C63H100O12/c1-4-7-10-13-16-19-22-25-26-27-28-29-30-33-34-37-40-43-46-49-55(64)71-52-54(73-56(65)50-47-44-41-38-35-31-23-20-17-14-11-8-5-2)53-72-63-61(59(68)58(67)60(75-63)62(69)70)74-57(66)51-48-45-42-39-36-32-24-21-18-15-12-9-6-3/h7-8,10-11,16-17,19-21,24-26,28-29,31,33-35,54,58-61,63,67-68H,4-6,9,12-15,18,22-23,27,30,32,36-53H2,1-3H3,(H,69,70)/b10-7-,11-8-,19-16-,20-17-,24-21-,26-25-,29-28-,34-33-,35-31-. The van der Waals surface area contributed by atoms with Gasteiger partial charge in [0.25, 0.3) is 0 Å². The third kappa shape index (κ3) is 40.3. The highest BCUT2D eigenvalue weighted by Crippen LogP contribution is 2.26. The van der Waals surface area contributed by atoms with Gasteiger partial charge in [-0.1, -0.05) is 182 Å². The number of ether oxygens (including phenoxy) is 5. The van der Waals surface area contributed by atoms with Gasteiger partial charge in [0.15, 0.2) is 24.6 Å². The van der Waals surface area contributed by atoms with Crippen LogP contribution in [0.2, 0.25) is 0 Å². The van der Waals surface area contributed by atoms with E-state index in [9.17, 15) is 34.5 Å². The molecule has 1 aliphatic heterocycles. The van der Waals surface area contributed by atoms with Crippen LogP contribution in [-0.2, 0) is 42.9 Å². The van der Waals surface area contributed by atoms with Crippen LogP contribution in [0.15, 0.2) is 109 Å². The normalized spacial score (nSPS) is 19.0. The first kappa shape index (κ1) is 68.4. The number of carboxylic acid groups (broad SMARTS) is 1. The van der Waals surface area contributed by atoms with Crippen molar-refractivity contribution in [3.05, 3.63) is 109 Å². The monoisotopic (exact) mass is 1050 g/mol. The predicted octanol–water partition coefficient (Wildman–Crippen LogP) is 14.7. The van der Waals surface area contributed by atoms with Crippen LogP contribution in [0.1, 0.15) is 213 Å². The van der Waals surface area contributed by atoms with Crippen LogP contribution in [0.25, 0.3) is 0 Å². The number of esters is 3. The number of carbonyl (C=O) groups is 4. The molecule has 1 fully saturated rings. The Hall–Kier alpha value is -4.62. The maximum absolute atomic E-state index is 13.1. The molecule has 0 aromatic heterocycles. The third-order valence-electron chi connectivity index (χ3n) is 12.3. The van der Waals surface area contributed by atoms with Gasteiger partial charge in [-0.15, -0.1) is 0 Å². The van der Waals surface area contributed by atoms with Crippen LogP contribution in [-0.4, -0.2) is 89.2 Å². The molecule has 3 N–H and O–H groups in total. The second kappa shape index (κ2) is 50.2. The summed E-state index contributed by atoms with van der Waals surface area (Å²) in [4.78, 5) is 51.0. The zero-order chi connectivity index (χ0) is 54.7. The molecule has 0 amide bonds. The van der Waals surface area contributed by atoms with E-state index in [-0.39, 0.29) is 25.9 Å². The van der Waals surface area contributed by atoms with E-state index in [2.05, 4.69) is 130 Å². The van der Waals surface area contributed by atoms with Gasteiger partial charge in [-0.2, -0.15) is 0 Å². The van der Waals surface area contributed by atoms with Crippen molar-refractivity contribution < 1.29 is 58.2 Å². The molecule has 75 heavy (non-hydrogen) atoms. The molecule has 12 nitrogen and oxygen atoms in total. The molecule has 6 unspecified atom stereocenters. The number of hydrogen-bond acceptors (Lipinski definition) is 11. The second-order valence-corrected chi connectivity index (χ2v) is 19.2. The van der Waals surface area contributed by atoms with Gasteiger partial charge in [-0.25, -0.2) is 4.79 Å². The summed E-state index contributed by atoms with van der Waals surface area (Å²) in [6.07, 6.45) is 54.9. The Morgan fingerprint density at radius 3 is 1.31 bits per heavy atom. The van der Waals surface area contributed by atoms with Gasteiger partial charge in [0.05, 0.1) is 6.61 Å². The quantitative estimate of drug-likeness (QED) is 0.0228. The van der Waals surface area contributed by atoms with Crippen LogP contribution in [0.3, 0.4) is 0 Å². The molecule has 0 radical (unpaired) electrons. The number of aliphatic hydroxyl groups is 2. The van der Waals surface area contributed by atoms with E-state index in [1.165, 1.54) is 25.7 Å². The van der Waals surface area contributed by atoms with Gasteiger partial charge >= 0.3 is 23.9 Å². The number of unbranched alkanes of at least 4 members (excludes halogenated alkanes) is 15. The van der Waals surface area contributed by atoms with Crippen LogP contribution in [0, 0.1) is 0 Å². The lowest BCUT2D eigenvalue weighted by molar-refractivity contribution is -0.301. The van der Waals surface area contributed by atoms with Crippen LogP contribution in [0.4, 0.5) is 0 Å². The molecular weight excluding hydrogens is 949 g/mol. The maximum atomic E-state index is 13.1. The second-order valence-electron chi connectivity index (χ2n) is 19.2. The number of allylic oxidation sites excluding steroid dienone is 18. The van der Waals surface area contributed by atoms with E-state index < -0.39 is 67.3 Å². The Balaban J connectivity index is 2.74. The fourth-order valence-electron chi connectivity index (χ4n) is 7.93. The van der Waals surface area contributed by atoms with E-state index in [1.54, 1.807) is 0 Å². The fraction of sp³-hybridized carbons (Fsp3) is 0.651. The SMILES string of the molecule is CC/C=C\C/C=C\C/C=C\C/C=C\C/C=C\CCCCCC(=O)OCC(COC1OC(C(=O)O)C(O)C(O)C1OC(=O)CCCCCCC/C=C\CCCCCC)OC(=O)CCCCC/C=C\C/C=C\C/C=C\CC. The minimum absolute atomic E-state index is 0.0382. The number of carbonyl (C=O) groups excluding carboxylic acids is 3. The topological polar surface area (TPSA) is 175 Å². The van der Waals surface area contributed by atoms with Crippen molar-refractivity contribution in [2.75, 3.05) is 13.2 Å². The van der Waals surface area contributed by atoms with Crippen molar-refractivity contribution in [3.8, 4) is 0 Å². The van der Waals surface area contributed by atoms with E-state index >= 15 is 0 Å². The first-order valence-electron chi connectivity index (χ1n) is 28.9. The van der Waals surface area contributed by atoms with Gasteiger partial charge in [0, 0.05) is 19.3 Å². The van der Waals surface area contributed by atoms with E-state index in [4.69, 9.17) is 23.7 Å². The number of aliphatic hydroxyl groups excluding tert-OH is 2. The van der Waals surface area contributed by atoms with Crippen LogP contribution < -0.4 is 0 Å². The molecule has 6 atom stereocenters. The van der Waals surface area contributed by atoms with Gasteiger partial charge in [-0.3, -0.25) is 14.4 Å². The minimum atomic E-state index is -1.92. The lowest BCUT2D eigenvalue weighted by Crippen LogP contribution is -2.61. The summed E-state index contributed by atoms with van der Waals surface area (Å²) in [6, 6.07) is 0. The first-order valence-corrected chi connectivity index (χ1v) is 28.9. The Bertz CT molecular complexity index is 1720. The summed E-state index contributed by atoms with van der Waals surface area (Å²) in [5.74, 6) is -3.23.